The molecular formula is C28H48O6Si. The minimum Gasteiger partial charge on any atom is -0.468 e. The van der Waals surface area contributed by atoms with E-state index >= 15 is 0 Å². The average molecular weight is 509 g/mol. The van der Waals surface area contributed by atoms with Gasteiger partial charge in [0.2, 0.25) is 8.32 Å². The van der Waals surface area contributed by atoms with Crippen molar-refractivity contribution in [1.82, 2.24) is 0 Å². The molecule has 1 unspecified atom stereocenters. The van der Waals surface area contributed by atoms with E-state index in [1.165, 1.54) is 0 Å². The molecule has 6 nitrogen and oxygen atoms in total. The Morgan fingerprint density at radius 2 is 1.46 bits per heavy atom. The molecule has 0 radical (unpaired) electrons. The van der Waals surface area contributed by atoms with Crippen LogP contribution in [0.1, 0.15) is 85.3 Å². The molecule has 0 bridgehead atoms. The third kappa shape index (κ3) is 8.45. The maximum Gasteiger partial charge on any atom is 0.200 e. The zero-order valence-corrected chi connectivity index (χ0v) is 24.7. The minimum atomic E-state index is -2.13. The SMILES string of the molecule is C=C(C)CCC(C(C)=O)c1cc(OCOC)cc(CO[Si](C(C)C)(C(C)C)C(C)C)c1OCOC. The Morgan fingerprint density at radius 3 is 1.91 bits per heavy atom. The summed E-state index contributed by atoms with van der Waals surface area (Å²) in [5.74, 6) is 0.973. The highest BCUT2D eigenvalue weighted by Gasteiger charge is 2.45. The van der Waals surface area contributed by atoms with Crippen LogP contribution in [0.2, 0.25) is 16.6 Å². The third-order valence-electron chi connectivity index (χ3n) is 6.74. The summed E-state index contributed by atoms with van der Waals surface area (Å²) in [6.45, 7) is 21.8. The number of Topliss-reactive ketones (excluding diaryl/α,β-unsaturated/α-hetero) is 1. The minimum absolute atomic E-state index is 0.0690. The van der Waals surface area contributed by atoms with Crippen LogP contribution in [0.25, 0.3) is 0 Å². The number of carbonyl (C=O) groups is 1. The number of methoxy groups -OCH3 is 2. The van der Waals surface area contributed by atoms with E-state index in [0.717, 1.165) is 23.1 Å². The maximum absolute atomic E-state index is 12.8. The van der Waals surface area contributed by atoms with Crippen molar-refractivity contribution < 1.29 is 28.2 Å². The van der Waals surface area contributed by atoms with Gasteiger partial charge in [0.25, 0.3) is 0 Å². The average Bonchev–Trinajstić information content (AvgIpc) is 2.76. The van der Waals surface area contributed by atoms with Gasteiger partial charge in [0.1, 0.15) is 17.3 Å². The van der Waals surface area contributed by atoms with Crippen LogP contribution in [-0.2, 0) is 25.3 Å². The molecule has 1 aromatic rings. The van der Waals surface area contributed by atoms with Crippen LogP contribution in [0.4, 0.5) is 0 Å². The van der Waals surface area contributed by atoms with Crippen molar-refractivity contribution in [3.05, 3.63) is 35.4 Å². The van der Waals surface area contributed by atoms with E-state index in [1.54, 1.807) is 21.1 Å². The smallest absolute Gasteiger partial charge is 0.200 e. The Bertz CT molecular complexity index is 796. The molecule has 200 valence electrons. The molecule has 0 aliphatic carbocycles. The van der Waals surface area contributed by atoms with E-state index in [1.807, 2.05) is 19.1 Å². The highest BCUT2D eigenvalue weighted by Crippen LogP contribution is 2.44. The van der Waals surface area contributed by atoms with Crippen LogP contribution in [-0.4, -0.2) is 41.9 Å². The van der Waals surface area contributed by atoms with Gasteiger partial charge >= 0.3 is 0 Å². The molecule has 0 amide bonds. The molecule has 0 saturated heterocycles. The number of ether oxygens (including phenoxy) is 4. The lowest BCUT2D eigenvalue weighted by atomic mass is 9.87. The van der Waals surface area contributed by atoms with Gasteiger partial charge in [-0.15, -0.1) is 6.58 Å². The fourth-order valence-corrected chi connectivity index (χ4v) is 10.6. The van der Waals surface area contributed by atoms with E-state index in [9.17, 15) is 4.79 Å². The van der Waals surface area contributed by atoms with Crippen molar-refractivity contribution in [2.45, 2.75) is 97.4 Å². The zero-order valence-electron chi connectivity index (χ0n) is 23.7. The zero-order chi connectivity index (χ0) is 26.8. The number of ketones is 1. The lowest BCUT2D eigenvalue weighted by Gasteiger charge is -2.42. The summed E-state index contributed by atoms with van der Waals surface area (Å²) < 4.78 is 29.2. The molecule has 0 spiro atoms. The summed E-state index contributed by atoms with van der Waals surface area (Å²) in [5.41, 5.74) is 4.00. The molecular weight excluding hydrogens is 460 g/mol. The number of rotatable bonds is 17. The van der Waals surface area contributed by atoms with Crippen LogP contribution in [0, 0.1) is 0 Å². The van der Waals surface area contributed by atoms with Gasteiger partial charge in [-0.3, -0.25) is 4.79 Å². The third-order valence-corrected chi connectivity index (χ3v) is 12.8. The Kier molecular flexibility index (Phi) is 13.2. The highest BCUT2D eigenvalue weighted by atomic mass is 28.4. The number of carbonyl (C=O) groups excluding carboxylic acids is 1. The van der Waals surface area contributed by atoms with Crippen molar-refractivity contribution in [2.75, 3.05) is 27.8 Å². The van der Waals surface area contributed by atoms with Gasteiger partial charge in [0.15, 0.2) is 13.6 Å². The van der Waals surface area contributed by atoms with Crippen molar-refractivity contribution in [3.63, 3.8) is 0 Å². The number of hydrogen-bond donors (Lipinski definition) is 0. The molecule has 0 fully saturated rings. The number of hydrogen-bond acceptors (Lipinski definition) is 6. The van der Waals surface area contributed by atoms with Crippen molar-refractivity contribution >= 4 is 14.1 Å². The topological polar surface area (TPSA) is 63.2 Å². The van der Waals surface area contributed by atoms with Gasteiger partial charge in [-0.05, 0) is 55.4 Å². The van der Waals surface area contributed by atoms with E-state index < -0.39 is 8.32 Å². The number of allylic oxidation sites excluding steroid dienone is 1. The van der Waals surface area contributed by atoms with E-state index in [0.29, 0.717) is 41.2 Å². The predicted molar refractivity (Wildman–Crippen MR) is 145 cm³/mol. The molecule has 0 aliphatic heterocycles. The van der Waals surface area contributed by atoms with Crippen LogP contribution >= 0.6 is 0 Å². The quantitative estimate of drug-likeness (QED) is 0.124. The molecule has 0 N–H and O–H groups in total. The van der Waals surface area contributed by atoms with Gasteiger partial charge in [0, 0.05) is 31.3 Å². The summed E-state index contributed by atoms with van der Waals surface area (Å²) in [6.07, 6.45) is 1.39. The van der Waals surface area contributed by atoms with Crippen molar-refractivity contribution in [1.29, 1.82) is 0 Å². The van der Waals surface area contributed by atoms with Gasteiger partial charge in [-0.1, -0.05) is 47.1 Å². The first-order valence-electron chi connectivity index (χ1n) is 12.6. The summed E-state index contributed by atoms with van der Waals surface area (Å²) in [4.78, 5) is 12.8. The number of benzene rings is 1. The largest absolute Gasteiger partial charge is 0.468 e. The molecule has 0 heterocycles. The molecule has 1 rings (SSSR count). The Morgan fingerprint density at radius 1 is 0.914 bits per heavy atom. The summed E-state index contributed by atoms with van der Waals surface area (Å²) in [7, 11) is 1.04. The normalized spacial score (nSPS) is 12.9. The molecule has 0 aliphatic rings. The van der Waals surface area contributed by atoms with Crippen molar-refractivity contribution in [3.8, 4) is 11.5 Å². The lowest BCUT2D eigenvalue weighted by molar-refractivity contribution is -0.118. The fraction of sp³-hybridized carbons (Fsp3) is 0.679. The first kappa shape index (κ1) is 31.4. The van der Waals surface area contributed by atoms with Crippen LogP contribution in [0.15, 0.2) is 24.3 Å². The standard InChI is InChI=1S/C28H48O6Si/c1-19(2)12-13-26(23(9)29)27-15-25(32-17-30-10)14-24(28(27)33-18-31-11)16-34-35(20(3)4,21(5)6)22(7)8/h14-15,20-22,26H,1,12-13,16-18H2,2-11H3. The molecule has 7 heteroatoms. The summed E-state index contributed by atoms with van der Waals surface area (Å²) >= 11 is 0. The molecule has 1 aromatic carbocycles. The van der Waals surface area contributed by atoms with E-state index in [2.05, 4.69) is 48.1 Å². The Balaban J connectivity index is 3.66. The summed E-state index contributed by atoms with van der Waals surface area (Å²) in [6, 6.07) is 3.82. The van der Waals surface area contributed by atoms with Gasteiger partial charge in [-0.25, -0.2) is 0 Å². The van der Waals surface area contributed by atoms with Crippen LogP contribution in [0.5, 0.6) is 11.5 Å². The first-order valence-corrected chi connectivity index (χ1v) is 14.7. The Labute approximate surface area is 214 Å². The van der Waals surface area contributed by atoms with Gasteiger partial charge < -0.3 is 23.4 Å². The second kappa shape index (κ2) is 14.8. The molecule has 0 aromatic heterocycles. The highest BCUT2D eigenvalue weighted by molar-refractivity contribution is 6.77. The van der Waals surface area contributed by atoms with Crippen molar-refractivity contribution in [2.24, 2.45) is 0 Å². The van der Waals surface area contributed by atoms with Gasteiger partial charge in [-0.2, -0.15) is 0 Å². The van der Waals surface area contributed by atoms with E-state index in [4.69, 9.17) is 23.4 Å². The predicted octanol–water partition coefficient (Wildman–Crippen LogP) is 7.37. The van der Waals surface area contributed by atoms with E-state index in [-0.39, 0.29) is 25.3 Å². The van der Waals surface area contributed by atoms with Gasteiger partial charge in [0.05, 0.1) is 6.61 Å². The first-order chi connectivity index (χ1) is 16.4. The van der Waals surface area contributed by atoms with Crippen LogP contribution in [0.3, 0.4) is 0 Å². The van der Waals surface area contributed by atoms with Crippen LogP contribution < -0.4 is 9.47 Å². The second-order valence-corrected chi connectivity index (χ2v) is 15.8. The maximum atomic E-state index is 12.8. The molecule has 35 heavy (non-hydrogen) atoms. The second-order valence-electron chi connectivity index (χ2n) is 10.4. The molecule has 0 saturated carbocycles. The lowest BCUT2D eigenvalue weighted by Crippen LogP contribution is -2.47. The monoisotopic (exact) mass is 508 g/mol. The fourth-order valence-electron chi connectivity index (χ4n) is 5.22. The molecule has 1 atom stereocenters. The summed E-state index contributed by atoms with van der Waals surface area (Å²) in [5, 5.41) is 0. The Hall–Kier alpha value is -1.67.